The molecule has 3 amide bonds. The fourth-order valence-corrected chi connectivity index (χ4v) is 14.9. The van der Waals surface area contributed by atoms with Crippen molar-refractivity contribution in [2.75, 3.05) is 52.6 Å². The number of halogens is 7. The first-order valence-electron chi connectivity index (χ1n) is 40.5. The van der Waals surface area contributed by atoms with Crippen molar-refractivity contribution in [1.29, 1.82) is 0 Å². The molecule has 4 atom stereocenters. The zero-order valence-corrected chi connectivity index (χ0v) is 79.3. The van der Waals surface area contributed by atoms with Crippen LogP contribution in [-0.2, 0) is 0 Å². The third-order valence-corrected chi connectivity index (χ3v) is 21.2. The molecule has 0 aliphatic carbocycles. The number of aromatic carboxylic acids is 1. The van der Waals surface area contributed by atoms with Gasteiger partial charge in [0.25, 0.3) is 34.1 Å². The van der Waals surface area contributed by atoms with E-state index in [1.54, 1.807) is 144 Å². The van der Waals surface area contributed by atoms with E-state index >= 15 is 0 Å². The Balaban J connectivity index is 0.000000172. The molecule has 5 aromatic heterocycles. The van der Waals surface area contributed by atoms with Crippen LogP contribution in [0.4, 0.5) is 0 Å². The van der Waals surface area contributed by atoms with E-state index in [4.69, 9.17) is 106 Å². The topological polar surface area (TPSA) is 398 Å². The largest absolute Gasteiger partial charge is 1.00 e. The van der Waals surface area contributed by atoms with Crippen LogP contribution in [0.5, 0.6) is 17.2 Å². The van der Waals surface area contributed by atoms with Crippen molar-refractivity contribution in [1.82, 2.24) is 69.9 Å². The Kier molecular flexibility index (Phi) is 40.5. The summed E-state index contributed by atoms with van der Waals surface area (Å²) < 4.78 is 11.8. The fraction of sp³-hybridized carbons (Fsp3) is 0.300. The number of carbonyl (C=O) groups is 5. The fourth-order valence-electron chi connectivity index (χ4n) is 13.5. The van der Waals surface area contributed by atoms with Crippen molar-refractivity contribution in [3.05, 3.63) is 274 Å². The number of rotatable bonds is 13. The first-order valence-corrected chi connectivity index (χ1v) is 46.6. The van der Waals surface area contributed by atoms with Crippen molar-refractivity contribution in [3.8, 4) is 17.2 Å². The number of aromatic hydroxyl groups is 1. The van der Waals surface area contributed by atoms with E-state index < -0.39 is 36.3 Å². The van der Waals surface area contributed by atoms with E-state index in [2.05, 4.69) is 55.2 Å². The molecule has 4 aliphatic heterocycles. The number of fused-ring (bicyclic) bond motifs is 5. The second kappa shape index (κ2) is 50.6. The van der Waals surface area contributed by atoms with E-state index in [0.29, 0.717) is 127 Å². The minimum Gasteiger partial charge on any atom is -0.859 e. The third-order valence-electron chi connectivity index (χ3n) is 19.6. The zero-order chi connectivity index (χ0) is 90.4. The number of carbonyl (C=O) groups excluding carboxylic acids is 4. The van der Waals surface area contributed by atoms with E-state index in [1.807, 2.05) is 78.9 Å². The van der Waals surface area contributed by atoms with Gasteiger partial charge in [-0.1, -0.05) is 183 Å². The molecule has 9 heterocycles. The number of aliphatic hydroxyl groups excluding tert-OH is 2. The average molecular weight is 1910 g/mol. The predicted molar refractivity (Wildman–Crippen MR) is 492 cm³/mol. The maximum Gasteiger partial charge on any atom is 1.00 e. The molecule has 127 heavy (non-hydrogen) atoms. The normalized spacial score (nSPS) is 15.8. The number of amides is 3. The molecule has 0 bridgehead atoms. The number of carboxylic acids is 1. The molecule has 0 radical (unpaired) electrons. The molecular weight excluding hydrogens is 1820 g/mol. The predicted octanol–water partition coefficient (Wildman–Crippen LogP) is 13.6. The Morgan fingerprint density at radius 3 is 1.13 bits per heavy atom. The number of ether oxygens (including phenoxy) is 2. The standard InChI is InChI=1S/C21H19Cl2N3O2.C21H20ClN3O3.C15H16ClN3O2.C9H4Cl2N2O.C9H6N2O3.C6H5ClO.C6H13NO.C3H9OSi.K/c22-14-6-5-8-16(12-14)28-13-15-7-3-4-11-26(15)21(27)19-20(23)25-18-10-2-1-9-17(18)24-19;22-14-6-5-8-16(12-14)28-13-15-7-3-4-11-25(15)21(27)19-20(26)24-18-10-2-1-9-17(18)23-19;16-14-13(17-11-6-1-2-7-12(11)18-14)15(21)19-8-4-3-5-10(19)9-20;10-8-7(9(11)14)12-5-3-1-2-4-6(5)13-8;12-8-7(9(13)14)10-5-3-1-2-4-6(5)11-8;7-5-2-1-3-6(8)4-5;8-5-6-3-1-2-4-7-6;1-5(2,3)4;/h1-2,5-6,8-10,12,15H,3-4,7,11,13H2;1-2,5-6,8-10,12,15H,3-4,7,11,13H2,(H,24,26);1-2,6-7,10,20H,3-5,8-9H2;1-4H;1-4H,(H,11,12)(H,13,14);1-4,8H;6-8H,1-5H2;1-3H3;/q;;;;;;;-1;+1. The first kappa shape index (κ1) is 101. The van der Waals surface area contributed by atoms with Gasteiger partial charge in [-0.2, -0.15) is 0 Å². The number of hydrogen-bond donors (Lipinski definition) is 7. The number of carboxylic acid groups (broad SMARTS) is 1. The molecule has 4 saturated heterocycles. The van der Waals surface area contributed by atoms with Gasteiger partial charge in [0.2, 0.25) is 5.69 Å². The van der Waals surface area contributed by atoms with E-state index in [-0.39, 0.29) is 138 Å². The summed E-state index contributed by atoms with van der Waals surface area (Å²) in [5.41, 5.74) is 4.70. The molecule has 37 heteroatoms. The monoisotopic (exact) mass is 1900 g/mol. The van der Waals surface area contributed by atoms with Crippen LogP contribution in [0.15, 0.2) is 204 Å². The molecule has 0 spiro atoms. The van der Waals surface area contributed by atoms with Crippen LogP contribution in [0, 0.1) is 0 Å². The van der Waals surface area contributed by atoms with Crippen LogP contribution in [0.25, 0.3) is 55.2 Å². The number of aromatic amines is 2. The van der Waals surface area contributed by atoms with Gasteiger partial charge in [0, 0.05) is 40.7 Å². The van der Waals surface area contributed by atoms with Gasteiger partial charge >= 0.3 is 57.4 Å². The summed E-state index contributed by atoms with van der Waals surface area (Å²) in [5.74, 6) is -0.582. The Morgan fingerprint density at radius 2 is 0.764 bits per heavy atom. The van der Waals surface area contributed by atoms with Gasteiger partial charge in [-0.15, -0.1) is 0 Å². The van der Waals surface area contributed by atoms with Crippen LogP contribution < -0.4 is 82.1 Å². The van der Waals surface area contributed by atoms with Gasteiger partial charge in [0.05, 0.1) is 86.5 Å². The number of aliphatic hydroxyl groups is 2. The van der Waals surface area contributed by atoms with Gasteiger partial charge < -0.3 is 64.7 Å². The quantitative estimate of drug-likeness (QED) is 0.0416. The van der Waals surface area contributed by atoms with Crippen molar-refractivity contribution in [3.63, 3.8) is 0 Å². The van der Waals surface area contributed by atoms with Gasteiger partial charge in [0.1, 0.15) is 30.5 Å². The zero-order valence-electron chi connectivity index (χ0n) is 69.9. The number of phenolic OH excluding ortho intramolecular Hbond substituents is 1. The number of hydrogen-bond acceptors (Lipinski definition) is 22. The maximum absolute atomic E-state index is 13.2. The van der Waals surface area contributed by atoms with Gasteiger partial charge in [-0.25, -0.2) is 44.7 Å². The van der Waals surface area contributed by atoms with Crippen molar-refractivity contribution < 1.29 is 110 Å². The number of phenols is 1. The molecular formula is C90H92Cl7KN14O14Si. The summed E-state index contributed by atoms with van der Waals surface area (Å²) in [5, 5.41) is 40.0. The number of likely N-dealkylation sites (tertiary alicyclic amines) is 3. The van der Waals surface area contributed by atoms with Gasteiger partial charge in [0.15, 0.2) is 38.2 Å². The summed E-state index contributed by atoms with van der Waals surface area (Å²) in [6.07, 6.45) is 12.0. The second-order valence-electron chi connectivity index (χ2n) is 30.1. The number of piperidine rings is 4. The molecule has 4 aliphatic rings. The molecule has 8 aromatic carbocycles. The van der Waals surface area contributed by atoms with Crippen LogP contribution in [0.3, 0.4) is 0 Å². The summed E-state index contributed by atoms with van der Waals surface area (Å²) in [7, 11) is -1.86. The summed E-state index contributed by atoms with van der Waals surface area (Å²) >= 11 is 40.9. The number of H-pyrrole nitrogens is 2. The molecule has 4 fully saturated rings. The van der Waals surface area contributed by atoms with Crippen molar-refractivity contribution >= 4 is 174 Å². The first-order chi connectivity index (χ1) is 60.5. The molecule has 0 saturated carbocycles. The molecule has 7 N–H and O–H groups in total. The molecule has 28 nitrogen and oxygen atoms in total. The van der Waals surface area contributed by atoms with Crippen LogP contribution in [-0.4, -0.2) is 199 Å². The SMILES string of the molecule is C[Si](C)(C)[O-].O=C(Cl)c1nc2ccccc2nc1Cl.O=C(O)c1nc2ccccc2[nH]c1=O.O=C(c1nc2ccccc2[nH]c1=O)N1CCCCC1COc1cccc(Cl)c1.O=C(c1nc2ccccc2nc1Cl)N1CCCCC1CO.O=C(c1nc2ccccc2nc1Cl)N1CCCCC1COc1cccc(Cl)c1.OCC1CCCCN1.Oc1cccc(Cl)c1.[K+]. The minimum absolute atomic E-state index is 0. The van der Waals surface area contributed by atoms with Gasteiger partial charge in [-0.3, -0.25) is 28.8 Å². The number of aromatic nitrogens is 10. The number of benzene rings is 8. The van der Waals surface area contributed by atoms with Crippen LogP contribution in [0.1, 0.15) is 129 Å². The number of nitrogens with one attached hydrogen (secondary N) is 3. The average Bonchev–Trinajstić information content (AvgIpc) is 0.800. The van der Waals surface area contributed by atoms with E-state index in [0.717, 1.165) is 70.8 Å². The minimum atomic E-state index is -1.86. The van der Waals surface area contributed by atoms with E-state index in [1.165, 1.54) is 18.9 Å². The summed E-state index contributed by atoms with van der Waals surface area (Å²) in [6, 6.07) is 56.7. The second-order valence-corrected chi connectivity index (χ2v) is 37.0. The van der Waals surface area contributed by atoms with Crippen molar-refractivity contribution in [2.45, 2.75) is 121 Å². The smallest absolute Gasteiger partial charge is 0.859 e. The Morgan fingerprint density at radius 1 is 0.425 bits per heavy atom. The van der Waals surface area contributed by atoms with Gasteiger partial charge in [-0.05, 0) is 204 Å². The summed E-state index contributed by atoms with van der Waals surface area (Å²) in [4.78, 5) is 138. The number of nitrogens with zero attached hydrogens (tertiary/aromatic N) is 11. The number of para-hydroxylation sites is 10. The Hall–Kier alpha value is -9.27. The molecule has 13 aromatic rings. The Bertz CT molecular complexity index is 6020. The van der Waals surface area contributed by atoms with Crippen LogP contribution in [0.2, 0.25) is 50.2 Å². The maximum atomic E-state index is 13.2. The molecule has 660 valence electrons. The molecule has 4 unspecified atom stereocenters. The van der Waals surface area contributed by atoms with Crippen LogP contribution >= 0.6 is 81.2 Å². The Labute approximate surface area is 810 Å². The summed E-state index contributed by atoms with van der Waals surface area (Å²) in [6.45, 7) is 9.25. The van der Waals surface area contributed by atoms with E-state index in [9.17, 15) is 43.5 Å². The third kappa shape index (κ3) is 31.0. The van der Waals surface area contributed by atoms with Crippen molar-refractivity contribution in [2.24, 2.45) is 0 Å². The molecule has 17 rings (SSSR count).